The summed E-state index contributed by atoms with van der Waals surface area (Å²) in [5.74, 6) is -0.518. The number of nitrogens with zero attached hydrogens (tertiary/aromatic N) is 1. The zero-order valence-corrected chi connectivity index (χ0v) is 15.4. The number of amides is 1. The van der Waals surface area contributed by atoms with Gasteiger partial charge >= 0.3 is 0 Å². The first-order valence-corrected chi connectivity index (χ1v) is 9.30. The highest BCUT2D eigenvalue weighted by atomic mass is 19.1. The van der Waals surface area contributed by atoms with Crippen molar-refractivity contribution in [2.75, 3.05) is 5.32 Å². The molecule has 0 saturated heterocycles. The van der Waals surface area contributed by atoms with Crippen LogP contribution in [0.1, 0.15) is 11.7 Å². The Morgan fingerprint density at radius 1 is 1.10 bits per heavy atom. The van der Waals surface area contributed by atoms with Crippen molar-refractivity contribution in [2.24, 2.45) is 0 Å². The molecule has 6 heteroatoms. The molecule has 0 saturated carbocycles. The summed E-state index contributed by atoms with van der Waals surface area (Å²) in [7, 11) is 0. The minimum atomic E-state index is -0.292. The number of carbonyl (C=O) groups is 1. The predicted molar refractivity (Wildman–Crippen MR) is 109 cm³/mol. The molecule has 0 bridgehead atoms. The number of rotatable bonds is 3. The monoisotopic (exact) mass is 385 g/mol. The lowest BCUT2D eigenvalue weighted by Crippen LogP contribution is -2.28. The second-order valence-corrected chi connectivity index (χ2v) is 6.87. The number of fused-ring (bicyclic) bond motifs is 2. The molecule has 5 nitrogen and oxygen atoms in total. The van der Waals surface area contributed by atoms with Crippen molar-refractivity contribution in [1.82, 2.24) is 10.2 Å². The maximum atomic E-state index is 13.3. The van der Waals surface area contributed by atoms with Crippen molar-refractivity contribution in [3.8, 4) is 0 Å². The molecule has 1 atom stereocenters. The Balaban J connectivity index is 1.48. The summed E-state index contributed by atoms with van der Waals surface area (Å²) >= 11 is 0. The molecule has 0 aliphatic carbocycles. The molecule has 1 amide bonds. The number of allylic oxidation sites excluding steroid dienone is 3. The molecule has 0 spiro atoms. The van der Waals surface area contributed by atoms with E-state index >= 15 is 0 Å². The SMILES string of the molecule is O=C(Nc1cccc2c[nH+]ccc12)C1=C2C=CC=CN2C(c2ccc(F)cc2)N1. The molecule has 2 aliphatic heterocycles. The smallest absolute Gasteiger partial charge is 0.273 e. The van der Waals surface area contributed by atoms with Gasteiger partial charge in [-0.05, 0) is 42.0 Å². The first-order chi connectivity index (χ1) is 14.2. The fraction of sp³-hybridized carbons (Fsp3) is 0.0435. The standard InChI is InChI=1S/C23H17FN4O/c24-17-9-7-15(8-10-17)22-27-21(20-6-1-2-13-28(20)22)23(29)26-19-5-3-4-16-14-25-12-11-18(16)19/h1-14,22,27H,(H,26,29)/p+1. The topological polar surface area (TPSA) is 58.5 Å². The molecule has 2 aliphatic rings. The number of carbonyl (C=O) groups excluding carboxylic acids is 1. The van der Waals surface area contributed by atoms with Gasteiger partial charge in [-0.25, -0.2) is 9.37 Å². The van der Waals surface area contributed by atoms with Gasteiger partial charge in [-0.3, -0.25) is 4.79 Å². The van der Waals surface area contributed by atoms with E-state index in [1.807, 2.05) is 66.0 Å². The van der Waals surface area contributed by atoms with Crippen molar-refractivity contribution in [1.29, 1.82) is 0 Å². The van der Waals surface area contributed by atoms with E-state index in [0.29, 0.717) is 5.70 Å². The molecule has 3 N–H and O–H groups in total. The van der Waals surface area contributed by atoms with Crippen LogP contribution in [0.5, 0.6) is 0 Å². The second kappa shape index (κ2) is 6.91. The highest BCUT2D eigenvalue weighted by molar-refractivity contribution is 6.09. The summed E-state index contributed by atoms with van der Waals surface area (Å²) in [6.45, 7) is 0. The zero-order chi connectivity index (χ0) is 19.8. The second-order valence-electron chi connectivity index (χ2n) is 6.87. The summed E-state index contributed by atoms with van der Waals surface area (Å²) in [4.78, 5) is 18.2. The molecule has 2 aromatic carbocycles. The number of hydrogen-bond donors (Lipinski definition) is 2. The third-order valence-corrected chi connectivity index (χ3v) is 5.09. The average molecular weight is 385 g/mol. The molecule has 5 rings (SSSR count). The van der Waals surface area contributed by atoms with E-state index in [9.17, 15) is 9.18 Å². The number of anilines is 1. The minimum absolute atomic E-state index is 0.227. The van der Waals surface area contributed by atoms with Gasteiger partial charge in [0.1, 0.15) is 17.7 Å². The maximum absolute atomic E-state index is 13.3. The van der Waals surface area contributed by atoms with Crippen LogP contribution in [-0.4, -0.2) is 10.8 Å². The zero-order valence-electron chi connectivity index (χ0n) is 15.4. The van der Waals surface area contributed by atoms with Crippen molar-refractivity contribution in [3.05, 3.63) is 108 Å². The Kier molecular flexibility index (Phi) is 4.09. The predicted octanol–water partition coefficient (Wildman–Crippen LogP) is 3.63. The number of H-pyrrole nitrogens is 1. The van der Waals surface area contributed by atoms with Gasteiger partial charge in [0, 0.05) is 28.7 Å². The Morgan fingerprint density at radius 3 is 2.83 bits per heavy atom. The van der Waals surface area contributed by atoms with Crippen LogP contribution in [0.2, 0.25) is 0 Å². The third-order valence-electron chi connectivity index (χ3n) is 5.09. The molecule has 142 valence electrons. The average Bonchev–Trinajstić information content (AvgIpc) is 3.14. The third kappa shape index (κ3) is 3.04. The number of nitrogens with one attached hydrogen (secondary N) is 3. The molecule has 1 unspecified atom stereocenters. The summed E-state index contributed by atoms with van der Waals surface area (Å²) in [6.07, 6.45) is 11.0. The number of pyridine rings is 1. The van der Waals surface area contributed by atoms with E-state index in [2.05, 4.69) is 15.6 Å². The first-order valence-electron chi connectivity index (χ1n) is 9.30. The molecule has 0 fully saturated rings. The largest absolute Gasteiger partial charge is 0.355 e. The number of halogens is 1. The van der Waals surface area contributed by atoms with Gasteiger partial charge in [0.05, 0.1) is 5.70 Å². The molecule has 3 aromatic rings. The van der Waals surface area contributed by atoms with Crippen LogP contribution in [0, 0.1) is 5.82 Å². The van der Waals surface area contributed by atoms with E-state index < -0.39 is 0 Å². The summed E-state index contributed by atoms with van der Waals surface area (Å²) in [5, 5.41) is 8.28. The fourth-order valence-electron chi connectivity index (χ4n) is 3.70. The molecule has 1 aromatic heterocycles. The quantitative estimate of drug-likeness (QED) is 0.724. The van der Waals surface area contributed by atoms with Crippen molar-refractivity contribution < 1.29 is 14.2 Å². The lowest BCUT2D eigenvalue weighted by Gasteiger charge is -2.26. The van der Waals surface area contributed by atoms with Gasteiger partial charge in [0.15, 0.2) is 12.4 Å². The number of benzene rings is 2. The maximum Gasteiger partial charge on any atom is 0.273 e. The normalized spacial score (nSPS) is 17.4. The van der Waals surface area contributed by atoms with E-state index in [1.165, 1.54) is 12.1 Å². The van der Waals surface area contributed by atoms with Crippen LogP contribution in [0.25, 0.3) is 10.8 Å². The van der Waals surface area contributed by atoms with Crippen LogP contribution in [0.3, 0.4) is 0 Å². The molecule has 3 heterocycles. The summed E-state index contributed by atoms with van der Waals surface area (Å²) < 4.78 is 13.3. The lowest BCUT2D eigenvalue weighted by atomic mass is 10.1. The Hall–Kier alpha value is -3.93. The van der Waals surface area contributed by atoms with Crippen molar-refractivity contribution in [2.45, 2.75) is 6.17 Å². The first kappa shape index (κ1) is 17.2. The van der Waals surface area contributed by atoms with Gasteiger partial charge in [-0.1, -0.05) is 24.3 Å². The van der Waals surface area contributed by atoms with Gasteiger partial charge in [-0.15, -0.1) is 0 Å². The number of hydrogen-bond acceptors (Lipinski definition) is 3. The van der Waals surface area contributed by atoms with Gasteiger partial charge in [0.25, 0.3) is 5.91 Å². The van der Waals surface area contributed by atoms with E-state index in [1.54, 1.807) is 12.1 Å². The van der Waals surface area contributed by atoms with Gasteiger partial charge < -0.3 is 15.5 Å². The number of aromatic nitrogens is 1. The van der Waals surface area contributed by atoms with E-state index in [-0.39, 0.29) is 17.9 Å². The summed E-state index contributed by atoms with van der Waals surface area (Å²) in [6, 6.07) is 14.0. The van der Waals surface area contributed by atoms with Crippen LogP contribution in [0.4, 0.5) is 10.1 Å². The Morgan fingerprint density at radius 2 is 1.97 bits per heavy atom. The van der Waals surface area contributed by atoms with Crippen LogP contribution in [0.15, 0.2) is 96.7 Å². The molecule has 0 radical (unpaired) electrons. The molecular formula is C23H18FN4O+. The Labute approximate surface area is 166 Å². The van der Waals surface area contributed by atoms with Crippen molar-refractivity contribution >= 4 is 22.4 Å². The Bertz CT molecular complexity index is 1190. The minimum Gasteiger partial charge on any atom is -0.355 e. The highest BCUT2D eigenvalue weighted by Crippen LogP contribution is 2.34. The number of aromatic amines is 1. The highest BCUT2D eigenvalue weighted by Gasteiger charge is 2.34. The van der Waals surface area contributed by atoms with Gasteiger partial charge in [-0.2, -0.15) is 0 Å². The van der Waals surface area contributed by atoms with Crippen molar-refractivity contribution in [3.63, 3.8) is 0 Å². The fourth-order valence-corrected chi connectivity index (χ4v) is 3.70. The summed E-state index contributed by atoms with van der Waals surface area (Å²) in [5.41, 5.74) is 2.85. The van der Waals surface area contributed by atoms with Gasteiger partial charge in [0.2, 0.25) is 0 Å². The lowest BCUT2D eigenvalue weighted by molar-refractivity contribution is -0.375. The van der Waals surface area contributed by atoms with E-state index in [4.69, 9.17) is 0 Å². The van der Waals surface area contributed by atoms with Crippen LogP contribution >= 0.6 is 0 Å². The van der Waals surface area contributed by atoms with E-state index in [0.717, 1.165) is 27.7 Å². The van der Waals surface area contributed by atoms with Crippen LogP contribution < -0.4 is 15.6 Å². The van der Waals surface area contributed by atoms with Crippen LogP contribution in [-0.2, 0) is 4.79 Å². The molecular weight excluding hydrogens is 367 g/mol. The molecule has 29 heavy (non-hydrogen) atoms.